The number of rotatable bonds is 0. The fourth-order valence-electron chi connectivity index (χ4n) is 1.21. The second-order valence-electron chi connectivity index (χ2n) is 2.96. The zero-order chi connectivity index (χ0) is 10.6. The Kier molecular flexibility index (Phi) is 4.01. The molecule has 0 unspecified atom stereocenters. The van der Waals surface area contributed by atoms with Gasteiger partial charge in [0.2, 0.25) is 0 Å². The van der Waals surface area contributed by atoms with Crippen LogP contribution in [0.5, 0.6) is 0 Å². The van der Waals surface area contributed by atoms with Crippen LogP contribution >= 0.6 is 25.3 Å². The zero-order valence-electron chi connectivity index (χ0n) is 8.05. The highest BCUT2D eigenvalue weighted by atomic mass is 32.1. The second-order valence-corrected chi connectivity index (χ2v) is 3.40. The molecule has 14 heavy (non-hydrogen) atoms. The zero-order valence-corrected chi connectivity index (χ0v) is 9.84. The molecule has 70 valence electrons. The lowest BCUT2D eigenvalue weighted by atomic mass is 10.0. The summed E-state index contributed by atoms with van der Waals surface area (Å²) in [6, 6.07) is 4.04. The van der Waals surface area contributed by atoms with E-state index in [1.165, 1.54) is 0 Å². The number of hydrogen-bond donors (Lipinski definition) is 2. The molecule has 0 fully saturated rings. The van der Waals surface area contributed by atoms with Crippen molar-refractivity contribution >= 4 is 25.3 Å². The van der Waals surface area contributed by atoms with Gasteiger partial charge in [0.15, 0.2) is 0 Å². The van der Waals surface area contributed by atoms with E-state index in [1.54, 1.807) is 0 Å². The summed E-state index contributed by atoms with van der Waals surface area (Å²) >= 11 is 7.76. The number of aryl methyl sites for hydroxylation is 2. The molecule has 0 heterocycles. The van der Waals surface area contributed by atoms with Crippen LogP contribution in [0, 0.1) is 36.2 Å². The predicted octanol–water partition coefficient (Wildman–Crippen LogP) is 2.78. The molecule has 0 aliphatic heterocycles. The fraction of sp³-hybridized carbons (Fsp3) is 0.167. The van der Waals surface area contributed by atoms with Crippen LogP contribution in [0.2, 0.25) is 0 Å². The number of benzene rings is 1. The molecule has 1 aromatic carbocycles. The largest absolute Gasteiger partial charge is 0.0918 e. The smallest absolute Gasteiger partial charge is 0.0286 e. The molecule has 0 nitrogen and oxygen atoms in total. The second kappa shape index (κ2) is 5.05. The summed E-state index contributed by atoms with van der Waals surface area (Å²) in [6.07, 6.45) is 0. The summed E-state index contributed by atoms with van der Waals surface area (Å²) in [5.74, 6) is 5.87. The van der Waals surface area contributed by atoms with Gasteiger partial charge < -0.3 is 0 Å². The lowest BCUT2D eigenvalue weighted by molar-refractivity contribution is 1.35. The van der Waals surface area contributed by atoms with Gasteiger partial charge in [-0.25, -0.2) is 0 Å². The van der Waals surface area contributed by atoms with E-state index in [-0.39, 0.29) is 0 Å². The van der Waals surface area contributed by atoms with Gasteiger partial charge in [0.05, 0.1) is 0 Å². The average molecular weight is 218 g/mol. The van der Waals surface area contributed by atoms with Gasteiger partial charge in [-0.05, 0) is 47.6 Å². The lowest BCUT2D eigenvalue weighted by Gasteiger charge is -2.03. The molecule has 0 radical (unpaired) electrons. The van der Waals surface area contributed by atoms with E-state index in [0.29, 0.717) is 0 Å². The summed E-state index contributed by atoms with van der Waals surface area (Å²) in [4.78, 5) is 0. The standard InChI is InChI=1S/C12H10S2/c1-9-7-12(4-6-14)10(2)8-11(9)3-5-13/h7-8,13-14H,1-2H3. The maximum absolute atomic E-state index is 3.88. The maximum atomic E-state index is 3.88. The van der Waals surface area contributed by atoms with Gasteiger partial charge in [0, 0.05) is 11.1 Å². The van der Waals surface area contributed by atoms with Crippen molar-refractivity contribution in [2.75, 3.05) is 0 Å². The Morgan fingerprint density at radius 3 is 1.50 bits per heavy atom. The summed E-state index contributed by atoms with van der Waals surface area (Å²) in [5.41, 5.74) is 4.23. The lowest BCUT2D eigenvalue weighted by Crippen LogP contribution is -1.89. The van der Waals surface area contributed by atoms with Gasteiger partial charge >= 0.3 is 0 Å². The highest BCUT2D eigenvalue weighted by molar-refractivity contribution is 7.85. The van der Waals surface area contributed by atoms with E-state index < -0.39 is 0 Å². The van der Waals surface area contributed by atoms with Crippen molar-refractivity contribution in [1.82, 2.24) is 0 Å². The molecule has 0 aromatic heterocycles. The number of hydrogen-bond acceptors (Lipinski definition) is 2. The van der Waals surface area contributed by atoms with Gasteiger partial charge in [0.1, 0.15) is 0 Å². The van der Waals surface area contributed by atoms with Crippen molar-refractivity contribution in [3.63, 3.8) is 0 Å². The van der Waals surface area contributed by atoms with Crippen LogP contribution in [-0.4, -0.2) is 0 Å². The Labute approximate surface area is 95.9 Å². The fourth-order valence-corrected chi connectivity index (χ4v) is 1.45. The molecule has 0 aliphatic carbocycles. The Morgan fingerprint density at radius 2 is 1.21 bits per heavy atom. The van der Waals surface area contributed by atoms with Crippen molar-refractivity contribution in [3.05, 3.63) is 34.4 Å². The molecule has 0 aliphatic rings. The minimum atomic E-state index is 1.00. The molecular weight excluding hydrogens is 208 g/mol. The van der Waals surface area contributed by atoms with Crippen molar-refractivity contribution in [2.45, 2.75) is 13.8 Å². The molecule has 0 bridgehead atoms. The molecule has 0 saturated carbocycles. The van der Waals surface area contributed by atoms with Crippen LogP contribution in [0.25, 0.3) is 0 Å². The van der Waals surface area contributed by atoms with Crippen molar-refractivity contribution in [1.29, 1.82) is 0 Å². The quantitative estimate of drug-likeness (QED) is 0.485. The molecule has 0 spiro atoms. The van der Waals surface area contributed by atoms with Crippen molar-refractivity contribution in [3.8, 4) is 22.3 Å². The molecule has 0 N–H and O–H groups in total. The summed E-state index contributed by atoms with van der Waals surface area (Å²) in [6.45, 7) is 4.02. The first-order valence-electron chi connectivity index (χ1n) is 4.10. The molecule has 0 atom stereocenters. The van der Waals surface area contributed by atoms with Crippen LogP contribution in [0.3, 0.4) is 0 Å². The highest BCUT2D eigenvalue weighted by Gasteiger charge is 2.00. The first-order chi connectivity index (χ1) is 6.69. The van der Waals surface area contributed by atoms with Gasteiger partial charge in [-0.2, -0.15) is 0 Å². The molecule has 0 amide bonds. The van der Waals surface area contributed by atoms with Gasteiger partial charge in [0.25, 0.3) is 0 Å². The Bertz CT molecular complexity index is 419. The average Bonchev–Trinajstić information content (AvgIpc) is 2.14. The molecule has 2 heteroatoms. The van der Waals surface area contributed by atoms with Gasteiger partial charge in [-0.15, -0.1) is 0 Å². The molecule has 0 saturated heterocycles. The molecule has 1 rings (SSSR count). The third-order valence-electron chi connectivity index (χ3n) is 1.95. The highest BCUT2D eigenvalue weighted by Crippen LogP contribution is 2.14. The predicted molar refractivity (Wildman–Crippen MR) is 67.6 cm³/mol. The van der Waals surface area contributed by atoms with Crippen molar-refractivity contribution < 1.29 is 0 Å². The summed E-state index contributed by atoms with van der Waals surface area (Å²) < 4.78 is 0. The van der Waals surface area contributed by atoms with E-state index in [4.69, 9.17) is 0 Å². The monoisotopic (exact) mass is 218 g/mol. The first kappa shape index (κ1) is 11.1. The van der Waals surface area contributed by atoms with Crippen LogP contribution in [0.4, 0.5) is 0 Å². The summed E-state index contributed by atoms with van der Waals surface area (Å²) in [7, 11) is 0. The van der Waals surface area contributed by atoms with E-state index in [1.807, 2.05) is 26.0 Å². The molecule has 1 aromatic rings. The van der Waals surface area contributed by atoms with Crippen LogP contribution < -0.4 is 0 Å². The number of thiol groups is 2. The van der Waals surface area contributed by atoms with Gasteiger partial charge in [-0.1, -0.05) is 37.1 Å². The van der Waals surface area contributed by atoms with Crippen LogP contribution in [-0.2, 0) is 0 Å². The Balaban J connectivity index is 3.33. The Hall–Kier alpha value is -0.960. The van der Waals surface area contributed by atoms with E-state index >= 15 is 0 Å². The third-order valence-corrected chi connectivity index (χ3v) is 2.18. The van der Waals surface area contributed by atoms with Crippen LogP contribution in [0.15, 0.2) is 12.1 Å². The summed E-state index contributed by atoms with van der Waals surface area (Å²) in [5, 5.41) is 5.19. The van der Waals surface area contributed by atoms with E-state index in [2.05, 4.69) is 47.6 Å². The third kappa shape index (κ3) is 2.51. The molecular formula is C12H10S2. The maximum Gasteiger partial charge on any atom is 0.0286 e. The SMILES string of the molecule is Cc1cc(C#CS)c(C)cc1C#CS. The van der Waals surface area contributed by atoms with Crippen LogP contribution in [0.1, 0.15) is 22.3 Å². The van der Waals surface area contributed by atoms with Crippen molar-refractivity contribution in [2.24, 2.45) is 0 Å². The minimum Gasteiger partial charge on any atom is -0.0918 e. The van der Waals surface area contributed by atoms with Gasteiger partial charge in [-0.3, -0.25) is 0 Å². The topological polar surface area (TPSA) is 0 Å². The first-order valence-corrected chi connectivity index (χ1v) is 5.00. The minimum absolute atomic E-state index is 1.00. The normalized spacial score (nSPS) is 8.29. The Morgan fingerprint density at radius 1 is 0.857 bits per heavy atom. The van der Waals surface area contributed by atoms with E-state index in [9.17, 15) is 0 Å². The van der Waals surface area contributed by atoms with E-state index in [0.717, 1.165) is 22.3 Å².